The minimum absolute atomic E-state index is 0.664. The van der Waals surface area contributed by atoms with E-state index in [0.717, 1.165) is 22.2 Å². The molecule has 84 valence electrons. The van der Waals surface area contributed by atoms with Crippen molar-refractivity contribution >= 4 is 23.4 Å². The van der Waals surface area contributed by atoms with Gasteiger partial charge in [0, 0.05) is 16.3 Å². The molecule has 0 unspecified atom stereocenters. The molecule has 2 rings (SSSR count). The van der Waals surface area contributed by atoms with Crippen molar-refractivity contribution in [2.45, 2.75) is 24.0 Å². The maximum absolute atomic E-state index is 5.80. The number of benzene rings is 1. The number of nitrogens with zero attached hydrogens (tertiary/aromatic N) is 2. The van der Waals surface area contributed by atoms with Crippen molar-refractivity contribution in [3.05, 3.63) is 41.0 Å². The van der Waals surface area contributed by atoms with Crippen molar-refractivity contribution in [2.75, 3.05) is 0 Å². The molecule has 0 atom stereocenters. The molecule has 0 saturated heterocycles. The Bertz CT molecular complexity index is 455. The van der Waals surface area contributed by atoms with Crippen LogP contribution in [0.15, 0.2) is 33.7 Å². The Morgan fingerprint density at radius 2 is 2.06 bits per heavy atom. The summed E-state index contributed by atoms with van der Waals surface area (Å²) < 4.78 is 5.09. The number of aryl methyl sites for hydroxylation is 1. The summed E-state index contributed by atoms with van der Waals surface area (Å²) in [5.74, 6) is 2.11. The first-order valence-electron chi connectivity index (χ1n) is 4.97. The molecule has 1 aromatic heterocycles. The largest absolute Gasteiger partial charge is 0.338 e. The Hall–Kier alpha value is -1.00. The summed E-state index contributed by atoms with van der Waals surface area (Å²) in [5, 5.41) is 4.59. The lowest BCUT2D eigenvalue weighted by molar-refractivity contribution is 0.385. The Morgan fingerprint density at radius 3 is 2.69 bits per heavy atom. The molecule has 0 aliphatic heterocycles. The van der Waals surface area contributed by atoms with Crippen LogP contribution >= 0.6 is 23.4 Å². The predicted octanol–water partition coefficient (Wildman–Crippen LogP) is 3.58. The van der Waals surface area contributed by atoms with Gasteiger partial charge in [-0.25, -0.2) is 0 Å². The maximum atomic E-state index is 5.80. The lowest BCUT2D eigenvalue weighted by Crippen LogP contribution is -1.84. The summed E-state index contributed by atoms with van der Waals surface area (Å²) in [6.45, 7) is 2.00. The molecule has 0 amide bonds. The second kappa shape index (κ2) is 5.37. The highest BCUT2D eigenvalue weighted by molar-refractivity contribution is 7.98. The molecule has 2 aromatic rings. The minimum atomic E-state index is 0.664. The summed E-state index contributed by atoms with van der Waals surface area (Å²) in [4.78, 5) is 5.38. The zero-order valence-corrected chi connectivity index (χ0v) is 10.4. The molecule has 0 bridgehead atoms. The lowest BCUT2D eigenvalue weighted by atomic mass is 10.4. The van der Waals surface area contributed by atoms with E-state index >= 15 is 0 Å². The molecule has 0 radical (unpaired) electrons. The Balaban J connectivity index is 1.94. The molecule has 16 heavy (non-hydrogen) atoms. The molecule has 0 N–H and O–H groups in total. The van der Waals surface area contributed by atoms with Gasteiger partial charge in [-0.3, -0.25) is 0 Å². The number of thioether (sulfide) groups is 1. The van der Waals surface area contributed by atoms with Gasteiger partial charge in [0.05, 0.1) is 5.75 Å². The first-order chi connectivity index (χ1) is 7.78. The molecule has 0 aliphatic carbocycles. The molecule has 1 heterocycles. The Morgan fingerprint density at radius 1 is 1.31 bits per heavy atom. The highest BCUT2D eigenvalue weighted by Gasteiger charge is 2.04. The molecular weight excluding hydrogens is 244 g/mol. The normalized spacial score (nSPS) is 10.6. The van der Waals surface area contributed by atoms with Crippen LogP contribution in [0.2, 0.25) is 5.02 Å². The first kappa shape index (κ1) is 11.5. The Kier molecular flexibility index (Phi) is 3.85. The van der Waals surface area contributed by atoms with E-state index in [0.29, 0.717) is 11.6 Å². The fraction of sp³-hybridized carbons (Fsp3) is 0.273. The number of hydrogen-bond donors (Lipinski definition) is 0. The van der Waals surface area contributed by atoms with Gasteiger partial charge in [-0.15, -0.1) is 11.8 Å². The SMILES string of the molecule is CCc1noc(CSc2ccc(Cl)cc2)n1. The van der Waals surface area contributed by atoms with Crippen molar-refractivity contribution in [2.24, 2.45) is 0 Å². The van der Waals surface area contributed by atoms with Crippen LogP contribution in [-0.4, -0.2) is 10.1 Å². The van der Waals surface area contributed by atoms with E-state index in [-0.39, 0.29) is 0 Å². The van der Waals surface area contributed by atoms with E-state index in [9.17, 15) is 0 Å². The van der Waals surface area contributed by atoms with E-state index in [1.54, 1.807) is 11.8 Å². The van der Waals surface area contributed by atoms with Crippen molar-refractivity contribution in [1.29, 1.82) is 0 Å². The fourth-order valence-corrected chi connectivity index (χ4v) is 2.03. The molecular formula is C11H11ClN2OS. The third kappa shape index (κ3) is 3.00. The van der Waals surface area contributed by atoms with E-state index in [2.05, 4.69) is 10.1 Å². The lowest BCUT2D eigenvalue weighted by Gasteiger charge is -1.97. The summed E-state index contributed by atoms with van der Waals surface area (Å²) in [7, 11) is 0. The highest BCUT2D eigenvalue weighted by Crippen LogP contribution is 2.23. The molecule has 0 spiro atoms. The summed E-state index contributed by atoms with van der Waals surface area (Å²) in [6, 6.07) is 7.69. The zero-order chi connectivity index (χ0) is 11.4. The fourth-order valence-electron chi connectivity index (χ4n) is 1.17. The van der Waals surface area contributed by atoms with Crippen LogP contribution in [0.4, 0.5) is 0 Å². The molecule has 5 heteroatoms. The molecule has 3 nitrogen and oxygen atoms in total. The van der Waals surface area contributed by atoms with Gasteiger partial charge in [0.1, 0.15) is 0 Å². The van der Waals surface area contributed by atoms with E-state index in [1.165, 1.54) is 0 Å². The van der Waals surface area contributed by atoms with Crippen LogP contribution in [0, 0.1) is 0 Å². The van der Waals surface area contributed by atoms with Crippen LogP contribution < -0.4 is 0 Å². The third-order valence-electron chi connectivity index (χ3n) is 2.00. The Labute approximate surface area is 103 Å². The van der Waals surface area contributed by atoms with Gasteiger partial charge < -0.3 is 4.52 Å². The maximum Gasteiger partial charge on any atom is 0.237 e. The van der Waals surface area contributed by atoms with Crippen molar-refractivity contribution in [1.82, 2.24) is 10.1 Å². The molecule has 0 aliphatic rings. The quantitative estimate of drug-likeness (QED) is 0.782. The minimum Gasteiger partial charge on any atom is -0.338 e. The standard InChI is InChI=1S/C11H11ClN2OS/c1-2-10-13-11(15-14-10)7-16-9-5-3-8(12)4-6-9/h3-6H,2,7H2,1H3. The van der Waals surface area contributed by atoms with Crippen LogP contribution in [0.5, 0.6) is 0 Å². The van der Waals surface area contributed by atoms with E-state index in [4.69, 9.17) is 16.1 Å². The van der Waals surface area contributed by atoms with Gasteiger partial charge in [0.2, 0.25) is 5.89 Å². The highest BCUT2D eigenvalue weighted by atomic mass is 35.5. The summed E-state index contributed by atoms with van der Waals surface area (Å²) in [6.07, 6.45) is 0.801. The van der Waals surface area contributed by atoms with Gasteiger partial charge in [-0.05, 0) is 24.3 Å². The van der Waals surface area contributed by atoms with E-state index < -0.39 is 0 Å². The zero-order valence-electron chi connectivity index (χ0n) is 8.81. The van der Waals surface area contributed by atoms with Crippen LogP contribution in [0.25, 0.3) is 0 Å². The van der Waals surface area contributed by atoms with Crippen molar-refractivity contribution in [3.8, 4) is 0 Å². The summed E-state index contributed by atoms with van der Waals surface area (Å²) in [5.41, 5.74) is 0. The van der Waals surface area contributed by atoms with E-state index in [1.807, 2.05) is 31.2 Å². The number of aromatic nitrogens is 2. The molecule has 1 aromatic carbocycles. The van der Waals surface area contributed by atoms with Gasteiger partial charge in [-0.2, -0.15) is 4.98 Å². The monoisotopic (exact) mass is 254 g/mol. The van der Waals surface area contributed by atoms with Gasteiger partial charge >= 0.3 is 0 Å². The average Bonchev–Trinajstić information content (AvgIpc) is 2.76. The van der Waals surface area contributed by atoms with Crippen molar-refractivity contribution in [3.63, 3.8) is 0 Å². The second-order valence-corrected chi connectivity index (χ2v) is 4.69. The average molecular weight is 255 g/mol. The van der Waals surface area contributed by atoms with Gasteiger partial charge in [0.25, 0.3) is 0 Å². The number of halogens is 1. The van der Waals surface area contributed by atoms with Gasteiger partial charge in [0.15, 0.2) is 5.82 Å². The molecule has 0 fully saturated rings. The number of rotatable bonds is 4. The topological polar surface area (TPSA) is 38.9 Å². The van der Waals surface area contributed by atoms with Gasteiger partial charge in [-0.1, -0.05) is 23.7 Å². The summed E-state index contributed by atoms with van der Waals surface area (Å²) >= 11 is 7.45. The number of hydrogen-bond acceptors (Lipinski definition) is 4. The smallest absolute Gasteiger partial charge is 0.237 e. The third-order valence-corrected chi connectivity index (χ3v) is 3.25. The van der Waals surface area contributed by atoms with Crippen molar-refractivity contribution < 1.29 is 4.52 Å². The molecule has 0 saturated carbocycles. The second-order valence-electron chi connectivity index (χ2n) is 3.20. The first-order valence-corrected chi connectivity index (χ1v) is 6.34. The van der Waals surface area contributed by atoms with Crippen LogP contribution in [-0.2, 0) is 12.2 Å². The van der Waals surface area contributed by atoms with Crippen LogP contribution in [0.1, 0.15) is 18.6 Å². The predicted molar refractivity (Wildman–Crippen MR) is 64.7 cm³/mol. The van der Waals surface area contributed by atoms with Crippen LogP contribution in [0.3, 0.4) is 0 Å².